The van der Waals surface area contributed by atoms with Gasteiger partial charge in [0.25, 0.3) is 0 Å². The second-order valence-electron chi connectivity index (χ2n) is 0.599. The van der Waals surface area contributed by atoms with Crippen LogP contribution in [-0.2, 0) is 38.6 Å². The Balaban J connectivity index is -0.0000000910. The summed E-state index contributed by atoms with van der Waals surface area (Å²) in [6, 6.07) is 0. The van der Waals surface area contributed by atoms with Crippen LogP contribution in [0.15, 0.2) is 0 Å². The van der Waals surface area contributed by atoms with Gasteiger partial charge in [0.2, 0.25) is 0 Å². The summed E-state index contributed by atoms with van der Waals surface area (Å²) in [5, 5.41) is 0. The van der Waals surface area contributed by atoms with Gasteiger partial charge in [-0.2, -0.15) is 8.42 Å². The van der Waals surface area contributed by atoms with Gasteiger partial charge in [0.1, 0.15) is 0 Å². The van der Waals surface area contributed by atoms with E-state index in [0.717, 1.165) is 0 Å². The molecule has 0 saturated heterocycles. The molecule has 0 aliphatic carbocycles. The monoisotopic (exact) mass is 322 g/mol. The molecular weight excluding hydrogens is 322 g/mol. The molecular formula is H2Cl3CuFeO4S. The molecule has 72 valence electrons. The summed E-state index contributed by atoms with van der Waals surface area (Å²) in [5.41, 5.74) is 0. The van der Waals surface area contributed by atoms with Crippen molar-refractivity contribution in [2.75, 3.05) is 0 Å². The molecule has 0 bridgehead atoms. The Hall–Kier alpha value is 1.78. The quantitative estimate of drug-likeness (QED) is 0.522. The van der Waals surface area contributed by atoms with Gasteiger partial charge in [0.15, 0.2) is 0 Å². The predicted octanol–water partition coefficient (Wildman–Crippen LogP) is 1.41. The van der Waals surface area contributed by atoms with Crippen LogP contribution in [0.4, 0.5) is 0 Å². The van der Waals surface area contributed by atoms with Crippen LogP contribution in [0.5, 0.6) is 0 Å². The van der Waals surface area contributed by atoms with Gasteiger partial charge in [-0.05, 0) is 0 Å². The Morgan fingerprint density at radius 2 is 1.10 bits per heavy atom. The molecule has 0 saturated carbocycles. The molecule has 1 radical (unpaired) electrons. The third-order valence-corrected chi connectivity index (χ3v) is 0. The molecule has 10 heteroatoms. The van der Waals surface area contributed by atoms with Gasteiger partial charge in [0.05, 0.1) is 0 Å². The van der Waals surface area contributed by atoms with Gasteiger partial charge in [0, 0.05) is 17.1 Å². The van der Waals surface area contributed by atoms with Crippen LogP contribution < -0.4 is 0 Å². The minimum Gasteiger partial charge on any atom is 0 e. The molecule has 0 aromatic rings. The molecule has 0 aromatic carbocycles. The number of rotatable bonds is 0. The predicted molar refractivity (Wildman–Crippen MR) is 31.7 cm³/mol. The summed E-state index contributed by atoms with van der Waals surface area (Å²) < 4.78 is 31.6. The fourth-order valence-corrected chi connectivity index (χ4v) is 0. The van der Waals surface area contributed by atoms with Crippen molar-refractivity contribution in [1.82, 2.24) is 0 Å². The standard InChI is InChI=1S/3ClH.Cu.Fe.H2O4S/c;;;;;1-5(2,3)4/h3*1H;;;(H2,1,2,3,4)/q;;;;+3;/p-3. The van der Waals surface area contributed by atoms with Crippen LogP contribution in [-0.4, -0.2) is 17.5 Å². The minimum atomic E-state index is -4.67. The summed E-state index contributed by atoms with van der Waals surface area (Å²) in [7, 11) is 10.0. The van der Waals surface area contributed by atoms with Gasteiger partial charge in [-0.3, -0.25) is 9.11 Å². The molecule has 0 spiro atoms. The van der Waals surface area contributed by atoms with E-state index in [1.807, 2.05) is 0 Å². The Morgan fingerprint density at radius 3 is 1.10 bits per heavy atom. The third-order valence-electron chi connectivity index (χ3n) is 0. The first kappa shape index (κ1) is 17.8. The van der Waals surface area contributed by atoms with E-state index >= 15 is 0 Å². The summed E-state index contributed by atoms with van der Waals surface area (Å²) in [4.78, 5) is 0. The first-order chi connectivity index (χ1) is 3.73. The van der Waals surface area contributed by atoms with E-state index in [0.29, 0.717) is 0 Å². The molecule has 0 amide bonds. The Bertz CT molecular complexity index is 132. The van der Waals surface area contributed by atoms with Crippen molar-refractivity contribution in [3.63, 3.8) is 0 Å². The van der Waals surface area contributed by atoms with Crippen molar-refractivity contribution in [3.05, 3.63) is 0 Å². The molecule has 10 heavy (non-hydrogen) atoms. The molecule has 0 unspecified atom stereocenters. The van der Waals surface area contributed by atoms with E-state index in [-0.39, 0.29) is 17.1 Å². The fourth-order valence-electron chi connectivity index (χ4n) is 0. The van der Waals surface area contributed by atoms with Crippen LogP contribution in [0.3, 0.4) is 0 Å². The SMILES string of the molecule is O=S(=O)(O)O.[Cl][Fe]([Cl])[Cl].[Cu]. The van der Waals surface area contributed by atoms with Crippen molar-refractivity contribution in [2.45, 2.75) is 0 Å². The van der Waals surface area contributed by atoms with E-state index in [2.05, 4.69) is 0 Å². The van der Waals surface area contributed by atoms with Crippen molar-refractivity contribution in [3.8, 4) is 0 Å². The molecule has 0 fully saturated rings. The smallest absolute Gasteiger partial charge is 0 e. The molecule has 0 atom stereocenters. The summed E-state index contributed by atoms with van der Waals surface area (Å²) in [5.74, 6) is 0. The third kappa shape index (κ3) is 238. The average Bonchev–Trinajstić information content (AvgIpc) is 1.19. The zero-order valence-electron chi connectivity index (χ0n) is 3.91. The zero-order chi connectivity index (χ0) is 8.08. The zero-order valence-corrected chi connectivity index (χ0v) is 9.04. The maximum absolute atomic E-state index is 8.74. The van der Waals surface area contributed by atoms with Crippen molar-refractivity contribution >= 4 is 40.7 Å². The second-order valence-corrected chi connectivity index (χ2v) is 6.97. The van der Waals surface area contributed by atoms with Crippen molar-refractivity contribution < 1.29 is 45.8 Å². The molecule has 0 aliphatic rings. The molecule has 2 N–H and O–H groups in total. The largest absolute Gasteiger partial charge is 0 e. The summed E-state index contributed by atoms with van der Waals surface area (Å²) >= 11 is -1.33. The fraction of sp³-hybridized carbons (Fsp3) is 0. The molecule has 0 rings (SSSR count). The first-order valence-electron chi connectivity index (χ1n) is 1.10. The molecule has 0 aromatic heterocycles. The summed E-state index contributed by atoms with van der Waals surface area (Å²) in [6.45, 7) is 0. The van der Waals surface area contributed by atoms with Gasteiger partial charge < -0.3 is 0 Å². The topological polar surface area (TPSA) is 74.6 Å². The minimum absolute atomic E-state index is 0. The summed E-state index contributed by atoms with van der Waals surface area (Å²) in [6.07, 6.45) is 0. The Kier molecular flexibility index (Phi) is 15.8. The van der Waals surface area contributed by atoms with Gasteiger partial charge >= 0.3 is 51.9 Å². The van der Waals surface area contributed by atoms with Crippen LogP contribution in [0.1, 0.15) is 0 Å². The van der Waals surface area contributed by atoms with E-state index in [1.54, 1.807) is 0 Å². The normalized spacial score (nSPS) is 10.3. The van der Waals surface area contributed by atoms with E-state index in [9.17, 15) is 0 Å². The van der Waals surface area contributed by atoms with Crippen LogP contribution in [0, 0.1) is 0 Å². The average molecular weight is 324 g/mol. The van der Waals surface area contributed by atoms with E-state index < -0.39 is 21.6 Å². The number of hydrogen-bond donors (Lipinski definition) is 2. The van der Waals surface area contributed by atoms with Crippen molar-refractivity contribution in [2.24, 2.45) is 0 Å². The van der Waals surface area contributed by atoms with E-state index in [4.69, 9.17) is 47.8 Å². The number of halogens is 3. The van der Waals surface area contributed by atoms with Gasteiger partial charge in [-0.1, -0.05) is 0 Å². The van der Waals surface area contributed by atoms with Crippen LogP contribution >= 0.6 is 30.3 Å². The second kappa shape index (κ2) is 8.87. The first-order valence-corrected chi connectivity index (χ1v) is 7.05. The van der Waals surface area contributed by atoms with Crippen molar-refractivity contribution in [1.29, 1.82) is 0 Å². The Morgan fingerprint density at radius 1 is 1.10 bits per heavy atom. The van der Waals surface area contributed by atoms with Crippen LogP contribution in [0.25, 0.3) is 0 Å². The maximum atomic E-state index is 8.74. The van der Waals surface area contributed by atoms with Gasteiger partial charge in [-0.15, -0.1) is 0 Å². The maximum Gasteiger partial charge on any atom is 0 e. The molecule has 4 nitrogen and oxygen atoms in total. The molecule has 0 aliphatic heterocycles. The van der Waals surface area contributed by atoms with E-state index in [1.165, 1.54) is 0 Å². The Labute approximate surface area is 85.8 Å². The number of hydrogen-bond acceptors (Lipinski definition) is 2. The van der Waals surface area contributed by atoms with Gasteiger partial charge in [-0.25, -0.2) is 0 Å². The molecule has 0 heterocycles. The van der Waals surface area contributed by atoms with Crippen LogP contribution in [0.2, 0.25) is 0 Å².